The molecule has 0 aliphatic rings. The fourth-order valence-electron chi connectivity index (χ4n) is 1.94. The number of benzene rings is 1. The van der Waals surface area contributed by atoms with Crippen molar-refractivity contribution in [2.75, 3.05) is 26.1 Å². The normalized spacial score (nSPS) is 10.7. The molecule has 2 rings (SSSR count). The molecule has 0 aliphatic heterocycles. The molecule has 1 aromatic carbocycles. The van der Waals surface area contributed by atoms with Crippen LogP contribution in [0.2, 0.25) is 10.0 Å². The fraction of sp³-hybridized carbons (Fsp3) is 0.214. The van der Waals surface area contributed by atoms with Gasteiger partial charge in [0.1, 0.15) is 10.8 Å². The van der Waals surface area contributed by atoms with Crippen LogP contribution in [-0.2, 0) is 4.79 Å². The van der Waals surface area contributed by atoms with Crippen LogP contribution in [0.4, 0.5) is 5.82 Å². The van der Waals surface area contributed by atoms with Crippen LogP contribution < -0.4 is 31.5 Å². The minimum absolute atomic E-state index is 0.158. The molecule has 0 aliphatic carbocycles. The third-order valence-electron chi connectivity index (χ3n) is 3.09. The largest absolute Gasteiger partial charge is 0.494 e. The SMILES string of the molecule is COc1c(Cl)cc(/C=N/NC(=O)CNc2n[nH]c(=O)[nH]c2=O)c(OC)c1Cl. The molecule has 144 valence electrons. The van der Waals surface area contributed by atoms with Gasteiger partial charge in [-0.05, 0) is 6.07 Å². The van der Waals surface area contributed by atoms with Gasteiger partial charge >= 0.3 is 5.69 Å². The fourth-order valence-corrected chi connectivity index (χ4v) is 2.64. The monoisotopic (exact) mass is 416 g/mol. The lowest BCUT2D eigenvalue weighted by Gasteiger charge is -2.12. The summed E-state index contributed by atoms with van der Waals surface area (Å²) >= 11 is 12.2. The highest BCUT2D eigenvalue weighted by atomic mass is 35.5. The highest BCUT2D eigenvalue weighted by molar-refractivity contribution is 6.38. The molecule has 2 aromatic rings. The number of amides is 1. The van der Waals surface area contributed by atoms with Gasteiger partial charge in [0.05, 0.1) is 32.0 Å². The van der Waals surface area contributed by atoms with Gasteiger partial charge in [-0.15, -0.1) is 5.10 Å². The number of hydrazone groups is 1. The number of methoxy groups -OCH3 is 2. The number of rotatable bonds is 7. The molecule has 1 heterocycles. The minimum atomic E-state index is -0.762. The van der Waals surface area contributed by atoms with Crippen LogP contribution in [0.15, 0.2) is 20.8 Å². The summed E-state index contributed by atoms with van der Waals surface area (Å²) in [4.78, 5) is 36.0. The van der Waals surface area contributed by atoms with Crippen molar-refractivity contribution in [2.24, 2.45) is 5.10 Å². The zero-order valence-corrected chi connectivity index (χ0v) is 15.6. The zero-order valence-electron chi connectivity index (χ0n) is 14.1. The molecule has 0 bridgehead atoms. The maximum atomic E-state index is 11.8. The van der Waals surface area contributed by atoms with Crippen molar-refractivity contribution in [3.8, 4) is 11.5 Å². The molecule has 0 radical (unpaired) electrons. The van der Waals surface area contributed by atoms with Gasteiger partial charge in [-0.2, -0.15) is 5.10 Å². The number of carbonyl (C=O) groups excluding carboxylic acids is 1. The summed E-state index contributed by atoms with van der Waals surface area (Å²) in [7, 11) is 2.82. The van der Waals surface area contributed by atoms with E-state index in [9.17, 15) is 14.4 Å². The Morgan fingerprint density at radius 1 is 1.30 bits per heavy atom. The van der Waals surface area contributed by atoms with E-state index >= 15 is 0 Å². The average molecular weight is 417 g/mol. The molecule has 4 N–H and O–H groups in total. The summed E-state index contributed by atoms with van der Waals surface area (Å²) in [5, 5.41) is 12.1. The zero-order chi connectivity index (χ0) is 20.0. The number of halogens is 2. The maximum absolute atomic E-state index is 11.8. The lowest BCUT2D eigenvalue weighted by molar-refractivity contribution is -0.119. The van der Waals surface area contributed by atoms with Gasteiger partial charge < -0.3 is 14.8 Å². The first-order chi connectivity index (χ1) is 12.9. The second kappa shape index (κ2) is 9.05. The molecular formula is C14H14Cl2N6O5. The number of H-pyrrole nitrogens is 2. The van der Waals surface area contributed by atoms with Gasteiger partial charge in [-0.25, -0.2) is 15.3 Å². The Hall–Kier alpha value is -3.05. The lowest BCUT2D eigenvalue weighted by atomic mass is 10.2. The van der Waals surface area contributed by atoms with Crippen LogP contribution in [0.3, 0.4) is 0 Å². The van der Waals surface area contributed by atoms with Crippen LogP contribution in [0.5, 0.6) is 11.5 Å². The molecule has 0 atom stereocenters. The molecule has 0 spiro atoms. The van der Waals surface area contributed by atoms with Crippen LogP contribution in [0.25, 0.3) is 0 Å². The Morgan fingerprint density at radius 2 is 2.00 bits per heavy atom. The summed E-state index contributed by atoms with van der Waals surface area (Å²) in [6, 6.07) is 1.50. The molecule has 11 nitrogen and oxygen atoms in total. The van der Waals surface area contributed by atoms with Crippen molar-refractivity contribution >= 4 is 41.1 Å². The van der Waals surface area contributed by atoms with E-state index in [2.05, 4.69) is 20.9 Å². The number of aromatic amines is 2. The molecule has 13 heteroatoms. The summed E-state index contributed by atoms with van der Waals surface area (Å²) in [5.74, 6) is -0.287. The third kappa shape index (κ3) is 4.99. The summed E-state index contributed by atoms with van der Waals surface area (Å²) in [5.41, 5.74) is 1.12. The summed E-state index contributed by atoms with van der Waals surface area (Å²) < 4.78 is 10.3. The van der Waals surface area contributed by atoms with Gasteiger partial charge in [-0.1, -0.05) is 23.2 Å². The van der Waals surface area contributed by atoms with E-state index in [1.807, 2.05) is 10.1 Å². The molecule has 27 heavy (non-hydrogen) atoms. The average Bonchev–Trinajstić information content (AvgIpc) is 2.61. The number of hydrogen-bond acceptors (Lipinski definition) is 8. The third-order valence-corrected chi connectivity index (χ3v) is 3.71. The van der Waals surface area contributed by atoms with Crippen molar-refractivity contribution < 1.29 is 14.3 Å². The first kappa shape index (κ1) is 20.3. The van der Waals surface area contributed by atoms with Crippen molar-refractivity contribution in [3.05, 3.63) is 42.5 Å². The van der Waals surface area contributed by atoms with E-state index in [4.69, 9.17) is 32.7 Å². The second-order valence-electron chi connectivity index (χ2n) is 4.83. The van der Waals surface area contributed by atoms with E-state index in [0.29, 0.717) is 5.56 Å². The van der Waals surface area contributed by atoms with Crippen LogP contribution in [0.1, 0.15) is 5.56 Å². The van der Waals surface area contributed by atoms with Crippen molar-refractivity contribution in [1.82, 2.24) is 20.6 Å². The first-order valence-electron chi connectivity index (χ1n) is 7.22. The Balaban J connectivity index is 2.03. The predicted octanol–water partition coefficient (Wildman–Crippen LogP) is 0.344. The number of hydrogen-bond donors (Lipinski definition) is 4. The minimum Gasteiger partial charge on any atom is -0.494 e. The number of nitrogens with zero attached hydrogens (tertiary/aromatic N) is 2. The molecule has 0 saturated heterocycles. The predicted molar refractivity (Wildman–Crippen MR) is 99.3 cm³/mol. The van der Waals surface area contributed by atoms with Gasteiger partial charge in [0.25, 0.3) is 11.5 Å². The number of carbonyl (C=O) groups is 1. The van der Waals surface area contributed by atoms with Crippen molar-refractivity contribution in [1.29, 1.82) is 0 Å². The Kier molecular flexibility index (Phi) is 6.79. The molecule has 1 amide bonds. The van der Waals surface area contributed by atoms with Gasteiger partial charge in [0.15, 0.2) is 5.75 Å². The maximum Gasteiger partial charge on any atom is 0.342 e. The van der Waals surface area contributed by atoms with Crippen molar-refractivity contribution in [3.63, 3.8) is 0 Å². The molecule has 0 unspecified atom stereocenters. The highest BCUT2D eigenvalue weighted by Crippen LogP contribution is 2.41. The first-order valence-corrected chi connectivity index (χ1v) is 7.97. The topological polar surface area (TPSA) is 151 Å². The molecule has 0 fully saturated rings. The number of aromatic nitrogens is 3. The van der Waals surface area contributed by atoms with E-state index in [0.717, 1.165) is 0 Å². The van der Waals surface area contributed by atoms with Crippen molar-refractivity contribution in [2.45, 2.75) is 0 Å². The smallest absolute Gasteiger partial charge is 0.342 e. The van der Waals surface area contributed by atoms with Gasteiger partial charge in [0.2, 0.25) is 5.82 Å². The van der Waals surface area contributed by atoms with E-state index in [1.54, 1.807) is 0 Å². The van der Waals surface area contributed by atoms with E-state index < -0.39 is 17.2 Å². The standard InChI is InChI=1S/C14H14Cl2N6O5/c1-26-10-6(3-7(15)11(27-2)9(10)16)4-18-20-8(23)5-17-12-13(24)19-14(25)22-21-12/h3-4H,5H2,1-2H3,(H,17,21)(H,20,23)(H2,19,22,24,25)/b18-4+. The summed E-state index contributed by atoms with van der Waals surface area (Å²) in [6.45, 7) is -0.319. The van der Waals surface area contributed by atoms with Crippen LogP contribution in [0, 0.1) is 0 Å². The second-order valence-corrected chi connectivity index (χ2v) is 5.62. The quantitative estimate of drug-likeness (QED) is 0.375. The Labute approximate surface area is 161 Å². The number of ether oxygens (including phenoxy) is 2. The van der Waals surface area contributed by atoms with Gasteiger partial charge in [-0.3, -0.25) is 14.6 Å². The van der Waals surface area contributed by atoms with Gasteiger partial charge in [0, 0.05) is 5.56 Å². The van der Waals surface area contributed by atoms with Crippen LogP contribution in [-0.4, -0.2) is 48.1 Å². The van der Waals surface area contributed by atoms with E-state index in [-0.39, 0.29) is 33.9 Å². The molecular weight excluding hydrogens is 403 g/mol. The molecule has 1 aromatic heterocycles. The highest BCUT2D eigenvalue weighted by Gasteiger charge is 2.16. The van der Waals surface area contributed by atoms with E-state index in [1.165, 1.54) is 26.5 Å². The number of nitrogens with one attached hydrogen (secondary N) is 4. The Morgan fingerprint density at radius 3 is 2.63 bits per heavy atom. The number of anilines is 1. The molecule has 0 saturated carbocycles. The lowest BCUT2D eigenvalue weighted by Crippen LogP contribution is -2.31. The Bertz CT molecular complexity index is 987. The summed E-state index contributed by atoms with van der Waals surface area (Å²) in [6.07, 6.45) is 1.28. The van der Waals surface area contributed by atoms with Crippen LogP contribution >= 0.6 is 23.2 Å².